The quantitative estimate of drug-likeness (QED) is 0.536. The first kappa shape index (κ1) is 16.8. The Kier molecular flexibility index (Phi) is 5.16. The lowest BCUT2D eigenvalue weighted by atomic mass is 10.1. The van der Waals surface area contributed by atoms with E-state index in [2.05, 4.69) is 15.3 Å². The van der Waals surface area contributed by atoms with Crippen molar-refractivity contribution in [2.75, 3.05) is 12.4 Å². The number of hydrogen-bond donors (Lipinski definition) is 2. The number of aliphatic imine (C=N–C) groups is 1. The molecule has 2 aromatic carbocycles. The smallest absolute Gasteiger partial charge is 0.199 e. The summed E-state index contributed by atoms with van der Waals surface area (Å²) < 4.78 is 5.17. The summed E-state index contributed by atoms with van der Waals surface area (Å²) in [6.45, 7) is 0. The summed E-state index contributed by atoms with van der Waals surface area (Å²) in [5.74, 6) is 1.39. The van der Waals surface area contributed by atoms with Crippen LogP contribution in [0.25, 0.3) is 11.3 Å². The number of rotatable bonds is 4. The van der Waals surface area contributed by atoms with E-state index in [1.165, 1.54) is 0 Å². The predicted molar refractivity (Wildman–Crippen MR) is 103 cm³/mol. The third kappa shape index (κ3) is 4.28. The fourth-order valence-electron chi connectivity index (χ4n) is 2.29. The number of nitrogens with zero attached hydrogens (tertiary/aromatic N) is 2. The molecule has 0 bridgehead atoms. The van der Waals surface area contributed by atoms with Crippen molar-refractivity contribution in [2.45, 2.75) is 0 Å². The predicted octanol–water partition coefficient (Wildman–Crippen LogP) is 4.47. The van der Waals surface area contributed by atoms with Crippen molar-refractivity contribution >= 4 is 29.1 Å². The number of methoxy groups -OCH3 is 1. The normalized spacial score (nSPS) is 11.2. The lowest BCUT2D eigenvalue weighted by Crippen LogP contribution is -2.21. The van der Waals surface area contributed by atoms with Gasteiger partial charge in [0.05, 0.1) is 17.8 Å². The van der Waals surface area contributed by atoms with Crippen LogP contribution in [0.15, 0.2) is 71.7 Å². The Morgan fingerprint density at radius 1 is 1.08 bits per heavy atom. The lowest BCUT2D eigenvalue weighted by molar-refractivity contribution is 0.415. The molecule has 0 radical (unpaired) electrons. The van der Waals surface area contributed by atoms with Gasteiger partial charge in [0.1, 0.15) is 5.75 Å². The molecule has 0 aliphatic carbocycles. The van der Waals surface area contributed by atoms with E-state index >= 15 is 0 Å². The number of ether oxygens (including phenoxy) is 1. The Bertz CT molecular complexity index is 897. The van der Waals surface area contributed by atoms with E-state index in [9.17, 15) is 0 Å². The zero-order chi connectivity index (χ0) is 17.6. The highest BCUT2D eigenvalue weighted by Crippen LogP contribution is 2.30. The second-order valence-corrected chi connectivity index (χ2v) is 5.63. The van der Waals surface area contributed by atoms with Crippen molar-refractivity contribution in [3.05, 3.63) is 71.8 Å². The fraction of sp³-hybridized carbons (Fsp3) is 0.0526. The average Bonchev–Trinajstić information content (AvgIpc) is 2.62. The van der Waals surface area contributed by atoms with Crippen molar-refractivity contribution < 1.29 is 4.74 Å². The molecule has 0 saturated carbocycles. The Labute approximate surface area is 151 Å². The summed E-state index contributed by atoms with van der Waals surface area (Å²) in [6, 6.07) is 20.6. The summed E-state index contributed by atoms with van der Waals surface area (Å²) in [7, 11) is 1.58. The molecule has 0 unspecified atom stereocenters. The topological polar surface area (TPSA) is 72.5 Å². The minimum atomic E-state index is 0.267. The number of nitrogens with two attached hydrogens (primary N) is 1. The highest BCUT2D eigenvalue weighted by molar-refractivity contribution is 6.32. The number of aromatic nitrogens is 1. The minimum Gasteiger partial charge on any atom is -0.495 e. The van der Waals surface area contributed by atoms with Gasteiger partial charge in [-0.1, -0.05) is 35.9 Å². The van der Waals surface area contributed by atoms with Crippen LogP contribution in [-0.2, 0) is 0 Å². The van der Waals surface area contributed by atoms with E-state index in [1.807, 2.05) is 54.6 Å². The molecule has 0 atom stereocenters. The van der Waals surface area contributed by atoms with Crippen LogP contribution in [-0.4, -0.2) is 18.1 Å². The third-order valence-corrected chi connectivity index (χ3v) is 3.76. The van der Waals surface area contributed by atoms with Crippen molar-refractivity contribution in [1.29, 1.82) is 0 Å². The number of halogens is 1. The van der Waals surface area contributed by atoms with Crippen LogP contribution < -0.4 is 15.8 Å². The van der Waals surface area contributed by atoms with Gasteiger partial charge < -0.3 is 15.8 Å². The Balaban J connectivity index is 1.84. The van der Waals surface area contributed by atoms with Crippen LogP contribution in [0.5, 0.6) is 5.75 Å². The number of anilines is 1. The molecule has 3 rings (SSSR count). The van der Waals surface area contributed by atoms with Gasteiger partial charge in [-0.05, 0) is 42.5 Å². The van der Waals surface area contributed by atoms with Crippen molar-refractivity contribution in [2.24, 2.45) is 10.7 Å². The van der Waals surface area contributed by atoms with Crippen LogP contribution in [0.4, 0.5) is 11.5 Å². The monoisotopic (exact) mass is 352 g/mol. The molecule has 0 aliphatic heterocycles. The maximum absolute atomic E-state index is 6.18. The first-order valence-electron chi connectivity index (χ1n) is 7.63. The molecule has 0 aliphatic rings. The number of benzene rings is 2. The summed E-state index contributed by atoms with van der Waals surface area (Å²) >= 11 is 6.18. The number of pyridine rings is 1. The van der Waals surface area contributed by atoms with E-state index in [4.69, 9.17) is 22.1 Å². The zero-order valence-corrected chi connectivity index (χ0v) is 14.4. The van der Waals surface area contributed by atoms with Gasteiger partial charge in [-0.15, -0.1) is 0 Å². The van der Waals surface area contributed by atoms with E-state index in [1.54, 1.807) is 19.2 Å². The number of para-hydroxylation sites is 1. The maximum Gasteiger partial charge on any atom is 0.199 e. The van der Waals surface area contributed by atoms with Gasteiger partial charge in [0, 0.05) is 11.3 Å². The standard InChI is InChI=1S/C19H17ClN4O/c1-25-17-11-10-13(12-15(17)20)16-8-5-9-18(23-16)24-19(21)22-14-6-3-2-4-7-14/h2-12H,1H3,(H3,21,22,23,24). The van der Waals surface area contributed by atoms with Crippen LogP contribution in [0.2, 0.25) is 5.02 Å². The largest absolute Gasteiger partial charge is 0.495 e. The van der Waals surface area contributed by atoms with Crippen LogP contribution in [0.1, 0.15) is 0 Å². The molecular formula is C19H17ClN4O. The Hall–Kier alpha value is -3.05. The van der Waals surface area contributed by atoms with Crippen LogP contribution in [0, 0.1) is 0 Å². The Morgan fingerprint density at radius 2 is 1.88 bits per heavy atom. The Morgan fingerprint density at radius 3 is 2.60 bits per heavy atom. The minimum absolute atomic E-state index is 0.267. The SMILES string of the molecule is COc1ccc(-c2cccc(/N=C(\N)Nc3ccccc3)n2)cc1Cl. The van der Waals surface area contributed by atoms with Crippen LogP contribution in [0.3, 0.4) is 0 Å². The van der Waals surface area contributed by atoms with Gasteiger partial charge in [-0.3, -0.25) is 0 Å². The second-order valence-electron chi connectivity index (χ2n) is 5.22. The zero-order valence-electron chi connectivity index (χ0n) is 13.6. The molecule has 1 aromatic heterocycles. The van der Waals surface area contributed by atoms with Gasteiger partial charge in [-0.25, -0.2) is 4.98 Å². The summed E-state index contributed by atoms with van der Waals surface area (Å²) in [5, 5.41) is 3.55. The van der Waals surface area contributed by atoms with Gasteiger partial charge in [0.25, 0.3) is 0 Å². The van der Waals surface area contributed by atoms with Gasteiger partial charge >= 0.3 is 0 Å². The van der Waals surface area contributed by atoms with E-state index in [-0.39, 0.29) is 5.96 Å². The first-order valence-corrected chi connectivity index (χ1v) is 8.01. The highest BCUT2D eigenvalue weighted by Gasteiger charge is 2.06. The molecule has 3 N–H and O–H groups in total. The average molecular weight is 353 g/mol. The van der Waals surface area contributed by atoms with Crippen molar-refractivity contribution in [3.63, 3.8) is 0 Å². The van der Waals surface area contributed by atoms with E-state index in [0.717, 1.165) is 16.9 Å². The third-order valence-electron chi connectivity index (χ3n) is 3.46. The molecule has 25 heavy (non-hydrogen) atoms. The van der Waals surface area contributed by atoms with Crippen molar-refractivity contribution in [3.8, 4) is 17.0 Å². The maximum atomic E-state index is 6.18. The molecule has 0 amide bonds. The number of guanidine groups is 1. The molecule has 6 heteroatoms. The van der Waals surface area contributed by atoms with Gasteiger partial charge in [0.2, 0.25) is 0 Å². The van der Waals surface area contributed by atoms with Crippen LogP contribution >= 0.6 is 11.6 Å². The first-order chi connectivity index (χ1) is 12.2. The second kappa shape index (κ2) is 7.68. The molecule has 3 aromatic rings. The molecular weight excluding hydrogens is 336 g/mol. The summed E-state index contributed by atoms with van der Waals surface area (Å²) in [4.78, 5) is 8.83. The highest BCUT2D eigenvalue weighted by atomic mass is 35.5. The fourth-order valence-corrected chi connectivity index (χ4v) is 2.55. The summed E-state index contributed by atoms with van der Waals surface area (Å²) in [6.07, 6.45) is 0. The van der Waals surface area contributed by atoms with Crippen molar-refractivity contribution in [1.82, 2.24) is 4.98 Å². The molecule has 5 nitrogen and oxygen atoms in total. The van der Waals surface area contributed by atoms with E-state index < -0.39 is 0 Å². The van der Waals surface area contributed by atoms with E-state index in [0.29, 0.717) is 16.6 Å². The molecule has 0 saturated heterocycles. The molecule has 0 fully saturated rings. The molecule has 0 spiro atoms. The molecule has 126 valence electrons. The van der Waals surface area contributed by atoms with Gasteiger partial charge in [0.15, 0.2) is 11.8 Å². The number of nitrogens with one attached hydrogen (secondary N) is 1. The van der Waals surface area contributed by atoms with Gasteiger partial charge in [-0.2, -0.15) is 4.99 Å². The molecule has 1 heterocycles. The summed E-state index contributed by atoms with van der Waals surface area (Å²) in [5.41, 5.74) is 8.43. The lowest BCUT2D eigenvalue weighted by Gasteiger charge is -2.07. The number of hydrogen-bond acceptors (Lipinski definition) is 3.